The quantitative estimate of drug-likeness (QED) is 0.351. The van der Waals surface area contributed by atoms with Crippen LogP contribution in [0.2, 0.25) is 0 Å². The lowest BCUT2D eigenvalue weighted by molar-refractivity contribution is 0.260. The van der Waals surface area contributed by atoms with Crippen molar-refractivity contribution in [1.82, 2.24) is 49.2 Å². The Balaban J connectivity index is 1.38. The van der Waals surface area contributed by atoms with Crippen LogP contribution in [-0.2, 0) is 13.6 Å². The molecule has 0 unspecified atom stereocenters. The van der Waals surface area contributed by atoms with Gasteiger partial charge in [0.15, 0.2) is 5.82 Å². The van der Waals surface area contributed by atoms with E-state index in [1.807, 2.05) is 36.3 Å². The second-order valence-corrected chi connectivity index (χ2v) is 9.76. The predicted molar refractivity (Wildman–Crippen MR) is 149 cm³/mol. The Morgan fingerprint density at radius 2 is 1.97 bits per heavy atom. The molecule has 6 heterocycles. The zero-order valence-corrected chi connectivity index (χ0v) is 22.7. The lowest BCUT2D eigenvalue weighted by Gasteiger charge is -2.17. The summed E-state index contributed by atoms with van der Waals surface area (Å²) in [4.78, 5) is 16.2. The molecule has 0 amide bonds. The number of likely N-dealkylation sites (N-methyl/N-ethyl adjacent to an activating group) is 1. The summed E-state index contributed by atoms with van der Waals surface area (Å²) in [6, 6.07) is 3.91. The third-order valence-corrected chi connectivity index (χ3v) is 7.27. The van der Waals surface area contributed by atoms with Crippen LogP contribution in [-0.4, -0.2) is 75.4 Å². The molecule has 5 aromatic heterocycles. The molecule has 1 aliphatic heterocycles. The largest absolute Gasteiger partial charge is 0.477 e. The minimum absolute atomic E-state index is 0.0721. The molecule has 0 aromatic carbocycles. The van der Waals surface area contributed by atoms with E-state index >= 15 is 0 Å². The second kappa shape index (κ2) is 10.4. The van der Waals surface area contributed by atoms with E-state index in [2.05, 4.69) is 57.0 Å². The third kappa shape index (κ3) is 4.83. The summed E-state index contributed by atoms with van der Waals surface area (Å²) in [6.07, 6.45) is 10.0. The lowest BCUT2D eigenvalue weighted by atomic mass is 10.1. The molecular weight excluding hydrogens is 494 g/mol. The molecule has 12 nitrogen and oxygen atoms in total. The first kappa shape index (κ1) is 25.0. The van der Waals surface area contributed by atoms with Crippen molar-refractivity contribution in [2.45, 2.75) is 39.8 Å². The van der Waals surface area contributed by atoms with Crippen LogP contribution in [0.4, 0.5) is 11.6 Å². The highest BCUT2D eigenvalue weighted by Crippen LogP contribution is 2.33. The van der Waals surface area contributed by atoms with E-state index in [0.29, 0.717) is 29.9 Å². The number of fused-ring (bicyclic) bond motifs is 5. The van der Waals surface area contributed by atoms with Crippen LogP contribution in [0, 0.1) is 0 Å². The van der Waals surface area contributed by atoms with Crippen molar-refractivity contribution >= 4 is 22.5 Å². The number of aromatic nitrogens is 9. The summed E-state index contributed by atoms with van der Waals surface area (Å²) in [5.74, 6) is 2.49. The Hall–Kier alpha value is -4.32. The standard InChI is InChI=1S/C27H33N11O/c1-5-36(6-2)10-11-37-17-19(14-31-37)25-20-15-29-24-13-22(20)38(34-25)18(3)8-12-39-27-21(16-30-35(27)4)26-28-9-7-23(32-24)33-26/h7,9,13-18H,5-6,8,10-12H2,1-4H3,(H,28,29,32,33)/t18-/m0/s1. The van der Waals surface area contributed by atoms with Gasteiger partial charge in [0.2, 0.25) is 5.88 Å². The normalized spacial score (nSPS) is 15.3. The van der Waals surface area contributed by atoms with Crippen LogP contribution in [0.3, 0.4) is 0 Å². The van der Waals surface area contributed by atoms with Crippen LogP contribution in [0.5, 0.6) is 5.88 Å². The van der Waals surface area contributed by atoms with Gasteiger partial charge in [-0.3, -0.25) is 9.36 Å². The van der Waals surface area contributed by atoms with E-state index in [4.69, 9.17) is 19.8 Å². The molecule has 6 rings (SSSR count). The molecule has 39 heavy (non-hydrogen) atoms. The van der Waals surface area contributed by atoms with E-state index in [9.17, 15) is 0 Å². The maximum atomic E-state index is 6.21. The first-order chi connectivity index (χ1) is 19.0. The lowest BCUT2D eigenvalue weighted by Crippen LogP contribution is -2.27. The molecule has 1 aliphatic rings. The van der Waals surface area contributed by atoms with Gasteiger partial charge in [0.05, 0.1) is 37.1 Å². The fourth-order valence-corrected chi connectivity index (χ4v) is 4.93. The molecular formula is C27H33N11O. The van der Waals surface area contributed by atoms with Gasteiger partial charge in [0.1, 0.15) is 22.9 Å². The van der Waals surface area contributed by atoms with Crippen molar-refractivity contribution in [3.63, 3.8) is 0 Å². The number of hydrogen-bond acceptors (Lipinski definition) is 9. The van der Waals surface area contributed by atoms with Crippen molar-refractivity contribution in [2.75, 3.05) is 31.6 Å². The summed E-state index contributed by atoms with van der Waals surface area (Å²) >= 11 is 0. The van der Waals surface area contributed by atoms with Crippen molar-refractivity contribution in [3.8, 4) is 28.5 Å². The van der Waals surface area contributed by atoms with Gasteiger partial charge in [-0.1, -0.05) is 13.8 Å². The van der Waals surface area contributed by atoms with Crippen LogP contribution in [0.25, 0.3) is 33.5 Å². The van der Waals surface area contributed by atoms with Crippen molar-refractivity contribution < 1.29 is 4.74 Å². The van der Waals surface area contributed by atoms with E-state index in [0.717, 1.165) is 60.3 Å². The molecule has 0 fully saturated rings. The number of ether oxygens (including phenoxy) is 1. The Morgan fingerprint density at radius 1 is 1.10 bits per heavy atom. The van der Waals surface area contributed by atoms with Gasteiger partial charge < -0.3 is 15.0 Å². The summed E-state index contributed by atoms with van der Waals surface area (Å²) in [7, 11) is 1.85. The number of nitrogens with one attached hydrogen (secondary N) is 1. The topological polar surface area (TPSA) is 117 Å². The van der Waals surface area contributed by atoms with Crippen LogP contribution >= 0.6 is 0 Å². The fourth-order valence-electron chi connectivity index (χ4n) is 4.93. The third-order valence-electron chi connectivity index (χ3n) is 7.27. The van der Waals surface area contributed by atoms with Crippen molar-refractivity contribution in [2.24, 2.45) is 7.05 Å². The second-order valence-electron chi connectivity index (χ2n) is 9.76. The molecule has 1 atom stereocenters. The number of nitrogens with zero attached hydrogens (tertiary/aromatic N) is 10. The monoisotopic (exact) mass is 527 g/mol. The zero-order chi connectivity index (χ0) is 26.9. The van der Waals surface area contributed by atoms with E-state index in [1.165, 1.54) is 0 Å². The highest BCUT2D eigenvalue weighted by atomic mass is 16.5. The molecule has 12 heteroatoms. The van der Waals surface area contributed by atoms with E-state index in [-0.39, 0.29) is 6.04 Å². The Kier molecular flexibility index (Phi) is 6.69. The van der Waals surface area contributed by atoms with E-state index in [1.54, 1.807) is 17.1 Å². The SMILES string of the molecule is CCN(CC)CCn1cc(-c2nn3c4cc(ncc24)Nc2ccnc(n2)-c2cnn(C)c2OCC[C@@H]3C)cn1. The molecule has 0 aliphatic carbocycles. The Bertz CT molecular complexity index is 1600. The molecule has 0 saturated carbocycles. The predicted octanol–water partition coefficient (Wildman–Crippen LogP) is 3.91. The van der Waals surface area contributed by atoms with Gasteiger partial charge in [-0.05, 0) is 26.1 Å². The fraction of sp³-hybridized carbons (Fsp3) is 0.407. The van der Waals surface area contributed by atoms with Gasteiger partial charge in [0.25, 0.3) is 0 Å². The van der Waals surface area contributed by atoms with Crippen molar-refractivity contribution in [3.05, 3.63) is 43.1 Å². The maximum Gasteiger partial charge on any atom is 0.222 e. The molecule has 4 bridgehead atoms. The molecule has 5 aromatic rings. The number of hydrogen-bond donors (Lipinski definition) is 1. The highest BCUT2D eigenvalue weighted by molar-refractivity contribution is 5.94. The van der Waals surface area contributed by atoms with E-state index < -0.39 is 0 Å². The van der Waals surface area contributed by atoms with Gasteiger partial charge in [-0.15, -0.1) is 0 Å². The Labute approximate surface area is 226 Å². The first-order valence-electron chi connectivity index (χ1n) is 13.4. The first-order valence-corrected chi connectivity index (χ1v) is 13.4. The minimum atomic E-state index is 0.0721. The molecule has 202 valence electrons. The number of aryl methyl sites for hydroxylation is 1. The van der Waals surface area contributed by atoms with Crippen molar-refractivity contribution in [1.29, 1.82) is 0 Å². The average Bonchev–Trinajstić information content (AvgIpc) is 3.66. The number of rotatable bonds is 6. The summed E-state index contributed by atoms with van der Waals surface area (Å²) in [5.41, 5.74) is 3.57. The summed E-state index contributed by atoms with van der Waals surface area (Å²) < 4.78 is 12.0. The molecule has 1 N–H and O–H groups in total. The highest BCUT2D eigenvalue weighted by Gasteiger charge is 2.21. The average molecular weight is 528 g/mol. The smallest absolute Gasteiger partial charge is 0.222 e. The molecule has 0 saturated heterocycles. The van der Waals surface area contributed by atoms with Gasteiger partial charge in [-0.25, -0.2) is 19.6 Å². The minimum Gasteiger partial charge on any atom is -0.477 e. The number of anilines is 2. The zero-order valence-electron chi connectivity index (χ0n) is 22.7. The summed E-state index contributed by atoms with van der Waals surface area (Å²) in [5, 5.41) is 18.4. The van der Waals surface area contributed by atoms with Crippen LogP contribution in [0.1, 0.15) is 33.2 Å². The molecule has 0 spiro atoms. The van der Waals surface area contributed by atoms with Gasteiger partial charge >= 0.3 is 0 Å². The van der Waals surface area contributed by atoms with Gasteiger partial charge in [-0.2, -0.15) is 15.3 Å². The maximum absolute atomic E-state index is 6.21. The van der Waals surface area contributed by atoms with Crippen LogP contribution < -0.4 is 10.1 Å². The van der Waals surface area contributed by atoms with Gasteiger partial charge in [0, 0.05) is 55.6 Å². The molecule has 0 radical (unpaired) electrons. The number of pyridine rings is 1. The van der Waals surface area contributed by atoms with Crippen LogP contribution in [0.15, 0.2) is 43.1 Å². The Morgan fingerprint density at radius 3 is 2.82 bits per heavy atom. The summed E-state index contributed by atoms with van der Waals surface area (Å²) in [6.45, 7) is 10.9.